The molecule has 1 N–H and O–H groups in total. The van der Waals surface area contributed by atoms with Gasteiger partial charge >= 0.3 is 0 Å². The first-order chi connectivity index (χ1) is 8.36. The molecule has 0 aromatic carbocycles. The van der Waals surface area contributed by atoms with Crippen molar-refractivity contribution in [2.45, 2.75) is 45.1 Å². The fourth-order valence-corrected chi connectivity index (χ4v) is 4.83. The molecule has 2 saturated carbocycles. The Bertz CT molecular complexity index is 346. The minimum Gasteiger partial charge on any atom is -0.314 e. The van der Waals surface area contributed by atoms with Gasteiger partial charge in [0.2, 0.25) is 0 Å². The standard InChI is InChI=1S/C15H23NS/c1-2-16-15(10-13-4-3-7-17-13)14-9-11-5-6-12(14)8-11/h3-4,7,11-12,14-16H,2,5-6,8-10H2,1H3. The van der Waals surface area contributed by atoms with Crippen molar-refractivity contribution in [3.63, 3.8) is 0 Å². The molecule has 17 heavy (non-hydrogen) atoms. The van der Waals surface area contributed by atoms with Gasteiger partial charge in [-0.15, -0.1) is 11.3 Å². The second-order valence-corrected chi connectivity index (χ2v) is 6.82. The van der Waals surface area contributed by atoms with Crippen LogP contribution < -0.4 is 5.32 Å². The normalized spacial score (nSPS) is 33.1. The molecule has 1 aromatic heterocycles. The third kappa shape index (κ3) is 2.43. The fraction of sp³-hybridized carbons (Fsp3) is 0.733. The molecule has 2 fully saturated rings. The number of nitrogens with one attached hydrogen (secondary N) is 1. The maximum atomic E-state index is 3.75. The van der Waals surface area contributed by atoms with Crippen LogP contribution in [0.5, 0.6) is 0 Å². The van der Waals surface area contributed by atoms with Crippen LogP contribution in [-0.2, 0) is 6.42 Å². The summed E-state index contributed by atoms with van der Waals surface area (Å²) in [6.45, 7) is 3.36. The summed E-state index contributed by atoms with van der Waals surface area (Å²) < 4.78 is 0. The van der Waals surface area contributed by atoms with Crippen LogP contribution in [0.25, 0.3) is 0 Å². The lowest BCUT2D eigenvalue weighted by atomic mass is 9.82. The van der Waals surface area contributed by atoms with Gasteiger partial charge in [0.1, 0.15) is 0 Å². The van der Waals surface area contributed by atoms with Gasteiger partial charge in [-0.1, -0.05) is 19.4 Å². The van der Waals surface area contributed by atoms with Crippen molar-refractivity contribution in [1.82, 2.24) is 5.32 Å². The number of hydrogen-bond donors (Lipinski definition) is 1. The molecule has 2 aliphatic carbocycles. The Morgan fingerprint density at radius 2 is 2.35 bits per heavy atom. The molecule has 2 bridgehead atoms. The number of fused-ring (bicyclic) bond motifs is 2. The fourth-order valence-electron chi connectivity index (χ4n) is 4.07. The van der Waals surface area contributed by atoms with E-state index < -0.39 is 0 Å². The lowest BCUT2D eigenvalue weighted by Gasteiger charge is -2.31. The zero-order valence-electron chi connectivity index (χ0n) is 10.7. The zero-order valence-corrected chi connectivity index (χ0v) is 11.5. The molecule has 1 aromatic rings. The van der Waals surface area contributed by atoms with Gasteiger partial charge in [0, 0.05) is 10.9 Å². The first kappa shape index (κ1) is 11.7. The average molecular weight is 249 g/mol. The summed E-state index contributed by atoms with van der Waals surface area (Å²) in [6, 6.07) is 5.21. The summed E-state index contributed by atoms with van der Waals surface area (Å²) in [5.41, 5.74) is 0. The Labute approximate surface area is 109 Å². The molecule has 1 heterocycles. The molecule has 2 heteroatoms. The third-order valence-corrected chi connectivity index (χ3v) is 5.68. The monoisotopic (exact) mass is 249 g/mol. The zero-order chi connectivity index (χ0) is 11.7. The Morgan fingerprint density at radius 3 is 2.94 bits per heavy atom. The van der Waals surface area contributed by atoms with Crippen molar-refractivity contribution in [3.05, 3.63) is 22.4 Å². The van der Waals surface area contributed by atoms with Gasteiger partial charge in [-0.3, -0.25) is 0 Å². The minimum atomic E-state index is 0.731. The summed E-state index contributed by atoms with van der Waals surface area (Å²) in [5.74, 6) is 3.05. The quantitative estimate of drug-likeness (QED) is 0.839. The van der Waals surface area contributed by atoms with Crippen LogP contribution in [0.2, 0.25) is 0 Å². The SMILES string of the molecule is CCNC(Cc1cccs1)C1CC2CCC1C2. The number of thiophene rings is 1. The average Bonchev–Trinajstić information content (AvgIpc) is 3.05. The van der Waals surface area contributed by atoms with Gasteiger partial charge in [-0.2, -0.15) is 0 Å². The molecule has 0 radical (unpaired) electrons. The van der Waals surface area contributed by atoms with E-state index in [2.05, 4.69) is 29.8 Å². The topological polar surface area (TPSA) is 12.0 Å². The van der Waals surface area contributed by atoms with E-state index in [9.17, 15) is 0 Å². The first-order valence-electron chi connectivity index (χ1n) is 7.12. The van der Waals surface area contributed by atoms with Crippen LogP contribution in [0.15, 0.2) is 17.5 Å². The largest absolute Gasteiger partial charge is 0.314 e. The van der Waals surface area contributed by atoms with E-state index >= 15 is 0 Å². The van der Waals surface area contributed by atoms with Crippen LogP contribution >= 0.6 is 11.3 Å². The number of hydrogen-bond acceptors (Lipinski definition) is 2. The van der Waals surface area contributed by atoms with Crippen LogP contribution in [-0.4, -0.2) is 12.6 Å². The van der Waals surface area contributed by atoms with Gasteiger partial charge in [-0.05, 0) is 61.4 Å². The Kier molecular flexibility index (Phi) is 3.53. The molecule has 0 saturated heterocycles. The molecular formula is C15H23NS. The highest BCUT2D eigenvalue weighted by Crippen LogP contribution is 2.49. The third-order valence-electron chi connectivity index (χ3n) is 4.78. The van der Waals surface area contributed by atoms with Gasteiger partial charge in [0.25, 0.3) is 0 Å². The molecule has 0 spiro atoms. The molecular weight excluding hydrogens is 226 g/mol. The minimum absolute atomic E-state index is 0.731. The van der Waals surface area contributed by atoms with E-state index in [0.717, 1.165) is 30.3 Å². The van der Waals surface area contributed by atoms with E-state index in [1.807, 2.05) is 11.3 Å². The summed E-state index contributed by atoms with van der Waals surface area (Å²) in [4.78, 5) is 1.55. The van der Waals surface area contributed by atoms with E-state index in [4.69, 9.17) is 0 Å². The highest BCUT2D eigenvalue weighted by Gasteiger charge is 2.42. The van der Waals surface area contributed by atoms with E-state index in [1.165, 1.54) is 32.1 Å². The van der Waals surface area contributed by atoms with Crippen molar-refractivity contribution >= 4 is 11.3 Å². The summed E-state index contributed by atoms with van der Waals surface area (Å²) in [7, 11) is 0. The molecule has 2 aliphatic rings. The van der Waals surface area contributed by atoms with Crippen LogP contribution in [0.4, 0.5) is 0 Å². The van der Waals surface area contributed by atoms with Gasteiger partial charge in [-0.25, -0.2) is 0 Å². The predicted octanol–water partition coefficient (Wildman–Crippen LogP) is 3.70. The highest BCUT2D eigenvalue weighted by atomic mass is 32.1. The van der Waals surface area contributed by atoms with E-state index in [0.29, 0.717) is 0 Å². The Balaban J connectivity index is 1.67. The van der Waals surface area contributed by atoms with Crippen molar-refractivity contribution in [2.24, 2.45) is 17.8 Å². The second kappa shape index (κ2) is 5.11. The lowest BCUT2D eigenvalue weighted by molar-refractivity contribution is 0.250. The van der Waals surface area contributed by atoms with Crippen molar-refractivity contribution in [2.75, 3.05) is 6.54 Å². The Morgan fingerprint density at radius 1 is 1.41 bits per heavy atom. The maximum Gasteiger partial charge on any atom is 0.0146 e. The summed E-state index contributed by atoms with van der Waals surface area (Å²) in [6.07, 6.45) is 7.28. The van der Waals surface area contributed by atoms with Gasteiger partial charge in [0.15, 0.2) is 0 Å². The number of rotatable bonds is 5. The van der Waals surface area contributed by atoms with Gasteiger partial charge < -0.3 is 5.32 Å². The molecule has 4 atom stereocenters. The van der Waals surface area contributed by atoms with Crippen LogP contribution in [0.1, 0.15) is 37.5 Å². The summed E-state index contributed by atoms with van der Waals surface area (Å²) >= 11 is 1.92. The molecule has 0 aliphatic heterocycles. The van der Waals surface area contributed by atoms with E-state index in [-0.39, 0.29) is 0 Å². The Hall–Kier alpha value is -0.340. The van der Waals surface area contributed by atoms with Crippen LogP contribution in [0.3, 0.4) is 0 Å². The van der Waals surface area contributed by atoms with Crippen molar-refractivity contribution in [3.8, 4) is 0 Å². The van der Waals surface area contributed by atoms with Crippen LogP contribution in [0, 0.1) is 17.8 Å². The molecule has 4 unspecified atom stereocenters. The number of likely N-dealkylation sites (N-methyl/N-ethyl adjacent to an activating group) is 1. The lowest BCUT2D eigenvalue weighted by Crippen LogP contribution is -2.40. The highest BCUT2D eigenvalue weighted by molar-refractivity contribution is 7.09. The molecule has 0 amide bonds. The van der Waals surface area contributed by atoms with E-state index in [1.54, 1.807) is 4.88 Å². The van der Waals surface area contributed by atoms with Gasteiger partial charge in [0.05, 0.1) is 0 Å². The second-order valence-electron chi connectivity index (χ2n) is 5.79. The molecule has 3 rings (SSSR count). The predicted molar refractivity (Wildman–Crippen MR) is 74.4 cm³/mol. The van der Waals surface area contributed by atoms with Crippen molar-refractivity contribution in [1.29, 1.82) is 0 Å². The molecule has 1 nitrogen and oxygen atoms in total. The summed E-state index contributed by atoms with van der Waals surface area (Å²) in [5, 5.41) is 5.96. The van der Waals surface area contributed by atoms with Crippen molar-refractivity contribution < 1.29 is 0 Å². The smallest absolute Gasteiger partial charge is 0.0146 e. The first-order valence-corrected chi connectivity index (χ1v) is 8.00. The molecule has 94 valence electrons. The maximum absolute atomic E-state index is 3.75.